The number of hydrogen-bond donors (Lipinski definition) is 1. The molecule has 1 aliphatic carbocycles. The van der Waals surface area contributed by atoms with Crippen molar-refractivity contribution in [2.45, 2.75) is 63.0 Å². The van der Waals surface area contributed by atoms with Crippen LogP contribution in [0.15, 0.2) is 71.6 Å². The number of amides is 1. The number of para-hydroxylation sites is 2. The summed E-state index contributed by atoms with van der Waals surface area (Å²) >= 11 is 0. The van der Waals surface area contributed by atoms with Crippen molar-refractivity contribution >= 4 is 21.6 Å². The summed E-state index contributed by atoms with van der Waals surface area (Å²) in [4.78, 5) is 13.6. The molecule has 0 spiro atoms. The molecular formula is C29H32N2O4S. The van der Waals surface area contributed by atoms with E-state index < -0.39 is 16.1 Å². The van der Waals surface area contributed by atoms with Crippen molar-refractivity contribution in [2.75, 3.05) is 10.8 Å². The lowest BCUT2D eigenvalue weighted by Gasteiger charge is -2.35. The van der Waals surface area contributed by atoms with E-state index in [9.17, 15) is 13.2 Å². The van der Waals surface area contributed by atoms with Crippen LogP contribution in [0.25, 0.3) is 0 Å². The van der Waals surface area contributed by atoms with Gasteiger partial charge in [-0.15, -0.1) is 0 Å². The zero-order chi connectivity index (χ0) is 25.3. The van der Waals surface area contributed by atoms with Crippen LogP contribution < -0.4 is 14.4 Å². The van der Waals surface area contributed by atoms with Crippen molar-refractivity contribution in [3.63, 3.8) is 0 Å². The van der Waals surface area contributed by atoms with E-state index in [1.807, 2.05) is 13.8 Å². The topological polar surface area (TPSA) is 75.7 Å². The molecule has 7 heteroatoms. The number of sulfonamides is 1. The summed E-state index contributed by atoms with van der Waals surface area (Å²) < 4.78 is 34.5. The first-order valence-electron chi connectivity index (χ1n) is 12.6. The summed E-state index contributed by atoms with van der Waals surface area (Å²) in [6, 6.07) is 20.0. The van der Waals surface area contributed by atoms with Crippen LogP contribution in [0.2, 0.25) is 0 Å². The van der Waals surface area contributed by atoms with Crippen molar-refractivity contribution in [3.05, 3.63) is 89.0 Å². The predicted molar refractivity (Wildman–Crippen MR) is 141 cm³/mol. The molecule has 5 rings (SSSR count). The third-order valence-electron chi connectivity index (χ3n) is 7.14. The number of fused-ring (bicyclic) bond motifs is 2. The highest BCUT2D eigenvalue weighted by atomic mass is 32.2. The zero-order valence-corrected chi connectivity index (χ0v) is 21.6. The van der Waals surface area contributed by atoms with E-state index in [1.165, 1.54) is 28.3 Å². The summed E-state index contributed by atoms with van der Waals surface area (Å²) in [6.45, 7) is 3.85. The molecule has 2 aliphatic rings. The van der Waals surface area contributed by atoms with Gasteiger partial charge in [0.05, 0.1) is 23.2 Å². The SMILES string of the molecule is CC[C@@H](NC(=O)[C@@H]1CN(S(=O)(=O)c2ccc(C)cc2)c2ccccc2O1)c1ccc2c(c1)CCCC2. The van der Waals surface area contributed by atoms with Gasteiger partial charge in [0.15, 0.2) is 6.10 Å². The number of hydrogen-bond acceptors (Lipinski definition) is 4. The number of ether oxygens (including phenoxy) is 1. The van der Waals surface area contributed by atoms with E-state index in [-0.39, 0.29) is 23.4 Å². The average Bonchev–Trinajstić information content (AvgIpc) is 2.90. The maximum Gasteiger partial charge on any atom is 0.264 e. The first-order chi connectivity index (χ1) is 17.4. The predicted octanol–water partition coefficient (Wildman–Crippen LogP) is 5.10. The van der Waals surface area contributed by atoms with E-state index in [0.717, 1.165) is 30.4 Å². The van der Waals surface area contributed by atoms with Crippen molar-refractivity contribution in [3.8, 4) is 5.75 Å². The fourth-order valence-corrected chi connectivity index (χ4v) is 6.54. The molecule has 1 N–H and O–H groups in total. The molecule has 0 bridgehead atoms. The Hall–Kier alpha value is -3.32. The lowest BCUT2D eigenvalue weighted by atomic mass is 9.88. The molecule has 36 heavy (non-hydrogen) atoms. The Morgan fingerprint density at radius 3 is 2.50 bits per heavy atom. The molecular weight excluding hydrogens is 472 g/mol. The summed E-state index contributed by atoms with van der Waals surface area (Å²) in [5, 5.41) is 3.12. The number of nitrogens with one attached hydrogen (secondary N) is 1. The monoisotopic (exact) mass is 504 g/mol. The minimum absolute atomic E-state index is 0.0975. The van der Waals surface area contributed by atoms with E-state index in [2.05, 4.69) is 23.5 Å². The number of rotatable bonds is 6. The number of nitrogens with zero attached hydrogens (tertiary/aromatic N) is 1. The van der Waals surface area contributed by atoms with Gasteiger partial charge >= 0.3 is 0 Å². The molecule has 1 amide bonds. The van der Waals surface area contributed by atoms with E-state index in [0.29, 0.717) is 11.4 Å². The first-order valence-corrected chi connectivity index (χ1v) is 14.1. The lowest BCUT2D eigenvalue weighted by Crippen LogP contribution is -2.51. The van der Waals surface area contributed by atoms with E-state index in [4.69, 9.17) is 4.74 Å². The highest BCUT2D eigenvalue weighted by Crippen LogP contribution is 2.37. The summed E-state index contributed by atoms with van der Waals surface area (Å²) in [5.74, 6) is 0.0552. The molecule has 1 heterocycles. The van der Waals surface area contributed by atoms with Gasteiger partial charge in [0.25, 0.3) is 15.9 Å². The molecule has 0 radical (unpaired) electrons. The van der Waals surface area contributed by atoms with Crippen molar-refractivity contribution < 1.29 is 17.9 Å². The molecule has 0 aromatic heterocycles. The minimum Gasteiger partial charge on any atom is -0.476 e. The van der Waals surface area contributed by atoms with Crippen LogP contribution >= 0.6 is 0 Å². The summed E-state index contributed by atoms with van der Waals surface area (Å²) in [7, 11) is -3.88. The number of carbonyl (C=O) groups excluding carboxylic acids is 1. The largest absolute Gasteiger partial charge is 0.476 e. The standard InChI is InChI=1S/C29H32N2O4S/c1-3-25(23-15-14-21-8-4-5-9-22(21)18-23)30-29(32)28-19-31(26-10-6-7-11-27(26)35-28)36(33,34)24-16-12-20(2)13-17-24/h6-7,10-18,25,28H,3-5,8-9,19H2,1-2H3,(H,30,32)/t25-,28+/m1/s1. The lowest BCUT2D eigenvalue weighted by molar-refractivity contribution is -0.128. The zero-order valence-electron chi connectivity index (χ0n) is 20.7. The Kier molecular flexibility index (Phi) is 6.75. The van der Waals surface area contributed by atoms with Crippen LogP contribution in [-0.4, -0.2) is 27.0 Å². The highest BCUT2D eigenvalue weighted by Gasteiger charge is 2.38. The van der Waals surface area contributed by atoms with Gasteiger partial charge in [-0.3, -0.25) is 9.10 Å². The Bertz CT molecular complexity index is 1370. The second-order valence-corrected chi connectivity index (χ2v) is 11.5. The second kappa shape index (κ2) is 9.97. The molecule has 3 aromatic rings. The van der Waals surface area contributed by atoms with Crippen molar-refractivity contribution in [1.82, 2.24) is 5.32 Å². The molecule has 0 saturated carbocycles. The molecule has 3 aromatic carbocycles. The van der Waals surface area contributed by atoms with Gasteiger partial charge in [0, 0.05) is 0 Å². The Labute approximate surface area is 213 Å². The fraction of sp³-hybridized carbons (Fsp3) is 0.345. The third kappa shape index (κ3) is 4.72. The average molecular weight is 505 g/mol. The Morgan fingerprint density at radius 1 is 1.03 bits per heavy atom. The first kappa shape index (κ1) is 24.4. The van der Waals surface area contributed by atoms with Crippen LogP contribution in [-0.2, 0) is 27.7 Å². The Morgan fingerprint density at radius 2 is 1.75 bits per heavy atom. The highest BCUT2D eigenvalue weighted by molar-refractivity contribution is 7.92. The maximum atomic E-state index is 13.6. The Balaban J connectivity index is 1.40. The smallest absolute Gasteiger partial charge is 0.264 e. The van der Waals surface area contributed by atoms with Crippen LogP contribution in [0.3, 0.4) is 0 Å². The molecule has 2 atom stereocenters. The molecule has 0 fully saturated rings. The van der Waals surface area contributed by atoms with Gasteiger partial charge in [0.1, 0.15) is 5.75 Å². The minimum atomic E-state index is -3.88. The van der Waals surface area contributed by atoms with E-state index in [1.54, 1.807) is 48.5 Å². The number of carbonyl (C=O) groups is 1. The maximum absolute atomic E-state index is 13.6. The van der Waals surface area contributed by atoms with Gasteiger partial charge in [-0.2, -0.15) is 0 Å². The van der Waals surface area contributed by atoms with Gasteiger partial charge in [-0.05, 0) is 80.0 Å². The van der Waals surface area contributed by atoms with Crippen molar-refractivity contribution in [1.29, 1.82) is 0 Å². The van der Waals surface area contributed by atoms with Crippen LogP contribution in [0.5, 0.6) is 5.75 Å². The van der Waals surface area contributed by atoms with Crippen molar-refractivity contribution in [2.24, 2.45) is 0 Å². The molecule has 6 nitrogen and oxygen atoms in total. The molecule has 1 aliphatic heterocycles. The summed E-state index contributed by atoms with van der Waals surface area (Å²) in [5.41, 5.74) is 5.25. The molecule has 0 saturated heterocycles. The van der Waals surface area contributed by atoms with Crippen LogP contribution in [0.1, 0.15) is 54.5 Å². The van der Waals surface area contributed by atoms with Gasteiger partial charge in [-0.1, -0.05) is 55.0 Å². The number of anilines is 1. The summed E-state index contributed by atoms with van der Waals surface area (Å²) in [6.07, 6.45) is 4.36. The number of aryl methyl sites for hydroxylation is 3. The van der Waals surface area contributed by atoms with E-state index >= 15 is 0 Å². The quantitative estimate of drug-likeness (QED) is 0.507. The number of benzene rings is 3. The molecule has 0 unspecified atom stereocenters. The van der Waals surface area contributed by atoms with Crippen LogP contribution in [0, 0.1) is 6.92 Å². The van der Waals surface area contributed by atoms with Crippen LogP contribution in [0.4, 0.5) is 5.69 Å². The van der Waals surface area contributed by atoms with Gasteiger partial charge < -0.3 is 10.1 Å². The second-order valence-electron chi connectivity index (χ2n) is 9.63. The molecule has 188 valence electrons. The third-order valence-corrected chi connectivity index (χ3v) is 8.93. The fourth-order valence-electron chi connectivity index (χ4n) is 5.06. The normalized spacial score (nSPS) is 17.9. The van der Waals surface area contributed by atoms with Gasteiger partial charge in [-0.25, -0.2) is 8.42 Å². The van der Waals surface area contributed by atoms with Gasteiger partial charge in [0.2, 0.25) is 0 Å².